The summed E-state index contributed by atoms with van der Waals surface area (Å²) < 4.78 is 0. The Hall–Kier alpha value is -0.573. The van der Waals surface area contributed by atoms with E-state index in [9.17, 15) is 4.79 Å². The van der Waals surface area contributed by atoms with E-state index in [4.69, 9.17) is 5.11 Å². The van der Waals surface area contributed by atoms with Crippen molar-refractivity contribution in [1.29, 1.82) is 0 Å². The smallest absolute Gasteiger partial charge is 0.303 e. The topological polar surface area (TPSA) is 37.3 Å². The van der Waals surface area contributed by atoms with Crippen molar-refractivity contribution in [3.05, 3.63) is 12.2 Å². The zero-order valence-electron chi connectivity index (χ0n) is 21.6. The van der Waals surface area contributed by atoms with E-state index in [1.54, 1.807) is 12.1 Å². The highest BCUT2D eigenvalue weighted by Crippen LogP contribution is 2.23. The van der Waals surface area contributed by atoms with Gasteiger partial charge in [0, 0.05) is 14.5 Å². The number of hydrogen-bond donors (Lipinski definition) is 1. The lowest BCUT2D eigenvalue weighted by molar-refractivity contribution is -0.137. The van der Waals surface area contributed by atoms with Crippen LogP contribution in [-0.4, -0.2) is 19.1 Å². The minimum Gasteiger partial charge on any atom is -0.481 e. The zero-order chi connectivity index (χ0) is 23.0. The second-order valence-electron chi connectivity index (χ2n) is 10.5. The van der Waals surface area contributed by atoms with Crippen molar-refractivity contribution in [2.75, 3.05) is 0 Å². The average Bonchev–Trinajstić information content (AvgIpc) is 2.72. The largest absolute Gasteiger partial charge is 0.481 e. The molecule has 0 fully saturated rings. The van der Waals surface area contributed by atoms with E-state index in [1.807, 2.05) is 0 Å². The Bertz CT molecular complexity index is 417. The minimum absolute atomic E-state index is 0.332. The van der Waals surface area contributed by atoms with Crippen molar-refractivity contribution in [2.45, 2.75) is 161 Å². The highest BCUT2D eigenvalue weighted by molar-refractivity contribution is 6.77. The van der Waals surface area contributed by atoms with E-state index in [0.717, 1.165) is 12.8 Å². The summed E-state index contributed by atoms with van der Waals surface area (Å²) >= 11 is 0. The molecule has 184 valence electrons. The lowest BCUT2D eigenvalue weighted by atomic mass is 10.1. The summed E-state index contributed by atoms with van der Waals surface area (Å²) in [6, 6.07) is 3.10. The molecule has 0 aromatic carbocycles. The van der Waals surface area contributed by atoms with Gasteiger partial charge in [0.2, 0.25) is 0 Å². The third-order valence-electron chi connectivity index (χ3n) is 6.61. The first-order chi connectivity index (χ1) is 15.0. The van der Waals surface area contributed by atoms with Crippen LogP contribution in [0.5, 0.6) is 0 Å². The van der Waals surface area contributed by atoms with Crippen molar-refractivity contribution in [1.82, 2.24) is 0 Å². The van der Waals surface area contributed by atoms with Crippen LogP contribution in [0.4, 0.5) is 0 Å². The van der Waals surface area contributed by atoms with Gasteiger partial charge in [0.05, 0.1) is 0 Å². The van der Waals surface area contributed by atoms with Gasteiger partial charge in [-0.25, -0.2) is 0 Å². The monoisotopic (exact) mass is 452 g/mol. The summed E-state index contributed by atoms with van der Waals surface area (Å²) in [4.78, 5) is 10.4. The Morgan fingerprint density at radius 1 is 0.613 bits per heavy atom. The van der Waals surface area contributed by atoms with Crippen LogP contribution in [-0.2, 0) is 4.79 Å². The maximum absolute atomic E-state index is 10.4. The lowest BCUT2D eigenvalue weighted by Crippen LogP contribution is -2.24. The van der Waals surface area contributed by atoms with Crippen LogP contribution in [0, 0.1) is 0 Å². The number of hydrogen-bond acceptors (Lipinski definition) is 1. The molecular weight excluding hydrogens is 396 g/mol. The standard InChI is InChI=1S/C28H56O2Si/c1-4-5-6-7-20-23-26-31(2,3)27-24-21-18-16-14-12-10-8-9-11-13-15-17-19-22-25-28(29)30/h8-9H,4-7,10-27H2,1-3H3,(H,29,30)/b9-8-. The Balaban J connectivity index is 3.32. The zero-order valence-corrected chi connectivity index (χ0v) is 22.6. The Labute approximate surface area is 196 Å². The number of carbonyl (C=O) groups is 1. The molecule has 0 aromatic heterocycles. The fourth-order valence-corrected chi connectivity index (χ4v) is 7.05. The molecule has 0 saturated heterocycles. The molecule has 0 bridgehead atoms. The van der Waals surface area contributed by atoms with Crippen LogP contribution in [0.2, 0.25) is 25.2 Å². The molecule has 0 aromatic rings. The van der Waals surface area contributed by atoms with Gasteiger partial charge in [0.1, 0.15) is 0 Å². The van der Waals surface area contributed by atoms with Crippen LogP contribution < -0.4 is 0 Å². The lowest BCUT2D eigenvalue weighted by Gasteiger charge is -2.22. The molecule has 1 N–H and O–H groups in total. The summed E-state index contributed by atoms with van der Waals surface area (Å²) in [6.45, 7) is 7.53. The van der Waals surface area contributed by atoms with Crippen LogP contribution in [0.15, 0.2) is 12.2 Å². The SMILES string of the molecule is CCCCCCCC[Si](C)(C)CCCCCCCC/C=C\CCCCCCCC(=O)O. The molecule has 0 atom stereocenters. The Morgan fingerprint density at radius 3 is 1.45 bits per heavy atom. The van der Waals surface area contributed by atoms with Gasteiger partial charge < -0.3 is 5.11 Å². The second kappa shape index (κ2) is 22.6. The van der Waals surface area contributed by atoms with E-state index >= 15 is 0 Å². The van der Waals surface area contributed by atoms with Crippen LogP contribution in [0.1, 0.15) is 135 Å². The van der Waals surface area contributed by atoms with Gasteiger partial charge in [-0.2, -0.15) is 0 Å². The van der Waals surface area contributed by atoms with Crippen molar-refractivity contribution >= 4 is 14.0 Å². The van der Waals surface area contributed by atoms with E-state index in [1.165, 1.54) is 109 Å². The molecule has 0 aliphatic carbocycles. The van der Waals surface area contributed by atoms with Gasteiger partial charge in [-0.15, -0.1) is 0 Å². The van der Waals surface area contributed by atoms with Gasteiger partial charge in [-0.3, -0.25) is 4.79 Å². The molecule has 0 radical (unpaired) electrons. The molecular formula is C28H56O2Si. The molecule has 31 heavy (non-hydrogen) atoms. The first kappa shape index (κ1) is 30.4. The predicted molar refractivity (Wildman–Crippen MR) is 142 cm³/mol. The van der Waals surface area contributed by atoms with E-state index in [-0.39, 0.29) is 0 Å². The minimum atomic E-state index is -0.916. The van der Waals surface area contributed by atoms with Crippen molar-refractivity contribution < 1.29 is 9.90 Å². The average molecular weight is 453 g/mol. The van der Waals surface area contributed by atoms with Gasteiger partial charge in [0.25, 0.3) is 0 Å². The van der Waals surface area contributed by atoms with Gasteiger partial charge >= 0.3 is 5.97 Å². The molecule has 0 unspecified atom stereocenters. The quantitative estimate of drug-likeness (QED) is 0.0898. The fraction of sp³-hybridized carbons (Fsp3) is 0.893. The van der Waals surface area contributed by atoms with Crippen LogP contribution >= 0.6 is 0 Å². The number of carboxylic acid groups (broad SMARTS) is 1. The van der Waals surface area contributed by atoms with E-state index in [0.29, 0.717) is 6.42 Å². The molecule has 0 aliphatic rings. The third kappa shape index (κ3) is 25.6. The van der Waals surface area contributed by atoms with Gasteiger partial charge in [0.15, 0.2) is 0 Å². The molecule has 0 saturated carbocycles. The summed E-state index contributed by atoms with van der Waals surface area (Å²) in [5.41, 5.74) is 0. The van der Waals surface area contributed by atoms with Crippen molar-refractivity contribution in [3.63, 3.8) is 0 Å². The van der Waals surface area contributed by atoms with Gasteiger partial charge in [-0.1, -0.05) is 134 Å². The number of rotatable bonds is 24. The second-order valence-corrected chi connectivity index (χ2v) is 15.8. The maximum Gasteiger partial charge on any atom is 0.303 e. The van der Waals surface area contributed by atoms with Crippen LogP contribution in [0.3, 0.4) is 0 Å². The predicted octanol–water partition coefficient (Wildman–Crippen LogP) is 10.2. The third-order valence-corrected chi connectivity index (χ3v) is 10.0. The maximum atomic E-state index is 10.4. The van der Waals surface area contributed by atoms with Crippen molar-refractivity contribution in [3.8, 4) is 0 Å². The molecule has 0 heterocycles. The number of unbranched alkanes of at least 4 members (excludes halogenated alkanes) is 16. The molecule has 3 heteroatoms. The highest BCUT2D eigenvalue weighted by Gasteiger charge is 2.18. The first-order valence-electron chi connectivity index (χ1n) is 13.8. The normalized spacial score (nSPS) is 12.1. The summed E-state index contributed by atoms with van der Waals surface area (Å²) in [6.07, 6.45) is 30.3. The van der Waals surface area contributed by atoms with Crippen LogP contribution in [0.25, 0.3) is 0 Å². The number of aliphatic carboxylic acids is 1. The summed E-state index contributed by atoms with van der Waals surface area (Å²) in [5, 5.41) is 8.60. The summed E-state index contributed by atoms with van der Waals surface area (Å²) in [7, 11) is -0.916. The van der Waals surface area contributed by atoms with E-state index in [2.05, 4.69) is 32.2 Å². The van der Waals surface area contributed by atoms with Gasteiger partial charge in [-0.05, 0) is 32.1 Å². The summed E-state index contributed by atoms with van der Waals surface area (Å²) in [5.74, 6) is -0.660. The van der Waals surface area contributed by atoms with Crippen molar-refractivity contribution in [2.24, 2.45) is 0 Å². The molecule has 0 spiro atoms. The highest BCUT2D eigenvalue weighted by atomic mass is 28.3. The Morgan fingerprint density at radius 2 is 1.00 bits per heavy atom. The molecule has 0 rings (SSSR count). The molecule has 0 amide bonds. The van der Waals surface area contributed by atoms with E-state index < -0.39 is 14.0 Å². The number of allylic oxidation sites excluding steroid dienone is 2. The number of carboxylic acids is 1. The molecule has 0 aliphatic heterocycles. The molecule has 2 nitrogen and oxygen atoms in total. The first-order valence-corrected chi connectivity index (χ1v) is 17.3. The Kier molecular flexibility index (Phi) is 22.2. The fourth-order valence-electron chi connectivity index (χ4n) is 4.39.